The molecular formula is C18H18Cl3NO2. The summed E-state index contributed by atoms with van der Waals surface area (Å²) >= 11 is 18.6. The molecule has 1 heterocycles. The summed E-state index contributed by atoms with van der Waals surface area (Å²) in [6.07, 6.45) is 0. The van der Waals surface area contributed by atoms with Gasteiger partial charge in [0.15, 0.2) is 11.6 Å². The number of rotatable bonds is 3. The smallest absolute Gasteiger partial charge is 0.158 e. The molecule has 1 aromatic carbocycles. The zero-order valence-electron chi connectivity index (χ0n) is 14.1. The van der Waals surface area contributed by atoms with Gasteiger partial charge in [0, 0.05) is 40.5 Å². The Morgan fingerprint density at radius 1 is 0.875 bits per heavy atom. The van der Waals surface area contributed by atoms with Crippen molar-refractivity contribution in [2.75, 3.05) is 7.05 Å². The van der Waals surface area contributed by atoms with Crippen molar-refractivity contribution in [2.24, 2.45) is 0 Å². The maximum Gasteiger partial charge on any atom is 0.158 e. The molecule has 1 aromatic rings. The third-order valence-corrected chi connectivity index (χ3v) is 5.52. The van der Waals surface area contributed by atoms with Crippen molar-refractivity contribution in [3.63, 3.8) is 0 Å². The van der Waals surface area contributed by atoms with Crippen LogP contribution in [0.4, 0.5) is 0 Å². The number of halogens is 3. The van der Waals surface area contributed by atoms with E-state index in [-0.39, 0.29) is 11.6 Å². The van der Waals surface area contributed by atoms with Crippen molar-refractivity contribution in [1.82, 2.24) is 4.90 Å². The van der Waals surface area contributed by atoms with E-state index >= 15 is 0 Å². The minimum atomic E-state index is -0.557. The Bertz CT molecular complexity index is 771. The van der Waals surface area contributed by atoms with Crippen LogP contribution in [0.1, 0.15) is 39.2 Å². The van der Waals surface area contributed by atoms with Crippen molar-refractivity contribution in [2.45, 2.75) is 33.6 Å². The van der Waals surface area contributed by atoms with Crippen LogP contribution in [0.15, 0.2) is 34.7 Å². The maximum absolute atomic E-state index is 12.4. The molecule has 6 heteroatoms. The van der Waals surface area contributed by atoms with Crippen LogP contribution in [0.25, 0.3) is 0 Å². The zero-order chi connectivity index (χ0) is 18.3. The first-order chi connectivity index (χ1) is 11.1. The molecule has 0 amide bonds. The molecule has 0 bridgehead atoms. The maximum atomic E-state index is 12.4. The fourth-order valence-electron chi connectivity index (χ4n) is 3.16. The molecule has 0 saturated heterocycles. The molecule has 24 heavy (non-hydrogen) atoms. The molecule has 1 aliphatic heterocycles. The van der Waals surface area contributed by atoms with Crippen LogP contribution in [0.5, 0.6) is 0 Å². The van der Waals surface area contributed by atoms with Crippen LogP contribution in [-0.4, -0.2) is 23.5 Å². The van der Waals surface area contributed by atoms with E-state index in [1.165, 1.54) is 13.8 Å². The minimum Gasteiger partial charge on any atom is -0.351 e. The zero-order valence-corrected chi connectivity index (χ0v) is 16.4. The predicted octanol–water partition coefficient (Wildman–Crippen LogP) is 5.40. The van der Waals surface area contributed by atoms with Crippen molar-refractivity contribution in [1.29, 1.82) is 0 Å². The normalized spacial score (nSPS) is 16.1. The van der Waals surface area contributed by atoms with E-state index in [2.05, 4.69) is 0 Å². The molecule has 0 N–H and O–H groups in total. The summed E-state index contributed by atoms with van der Waals surface area (Å²) in [6, 6.07) is 3.17. The van der Waals surface area contributed by atoms with E-state index < -0.39 is 5.92 Å². The molecule has 0 radical (unpaired) electrons. The molecule has 3 nitrogen and oxygen atoms in total. The van der Waals surface area contributed by atoms with Crippen LogP contribution >= 0.6 is 34.8 Å². The largest absolute Gasteiger partial charge is 0.351 e. The number of Topliss-reactive ketones (excluding diaryl/α,β-unsaturated/α-hetero) is 2. The lowest BCUT2D eigenvalue weighted by atomic mass is 9.77. The molecular weight excluding hydrogens is 369 g/mol. The van der Waals surface area contributed by atoms with Gasteiger partial charge in [-0.25, -0.2) is 0 Å². The number of nitrogens with zero attached hydrogens (tertiary/aromatic N) is 1. The van der Waals surface area contributed by atoms with Gasteiger partial charge >= 0.3 is 0 Å². The first-order valence-corrected chi connectivity index (χ1v) is 8.52. The van der Waals surface area contributed by atoms with Gasteiger partial charge in [-0.3, -0.25) is 9.59 Å². The molecule has 0 atom stereocenters. The van der Waals surface area contributed by atoms with E-state index in [4.69, 9.17) is 34.8 Å². The summed E-state index contributed by atoms with van der Waals surface area (Å²) < 4.78 is 0. The van der Waals surface area contributed by atoms with Gasteiger partial charge in [-0.1, -0.05) is 34.8 Å². The Morgan fingerprint density at radius 2 is 1.29 bits per heavy atom. The molecule has 2 rings (SSSR count). The summed E-state index contributed by atoms with van der Waals surface area (Å²) in [4.78, 5) is 26.6. The van der Waals surface area contributed by atoms with E-state index in [1.807, 2.05) is 25.8 Å². The van der Waals surface area contributed by atoms with Crippen LogP contribution in [-0.2, 0) is 9.59 Å². The Morgan fingerprint density at radius 3 is 1.71 bits per heavy atom. The average Bonchev–Trinajstić information content (AvgIpc) is 2.47. The van der Waals surface area contributed by atoms with Crippen LogP contribution in [0.2, 0.25) is 15.1 Å². The number of ketones is 2. The lowest BCUT2D eigenvalue weighted by molar-refractivity contribution is -0.114. The summed E-state index contributed by atoms with van der Waals surface area (Å²) in [5.74, 6) is -0.783. The highest BCUT2D eigenvalue weighted by atomic mass is 35.5. The number of carbonyl (C=O) groups is 2. The highest BCUT2D eigenvalue weighted by Crippen LogP contribution is 2.45. The second kappa shape index (κ2) is 6.91. The van der Waals surface area contributed by atoms with Crippen molar-refractivity contribution in [3.8, 4) is 0 Å². The Kier molecular flexibility index (Phi) is 5.48. The van der Waals surface area contributed by atoms with Crippen LogP contribution < -0.4 is 0 Å². The molecule has 128 valence electrons. The summed E-state index contributed by atoms with van der Waals surface area (Å²) in [7, 11) is 1.84. The molecule has 1 aliphatic rings. The first-order valence-electron chi connectivity index (χ1n) is 7.39. The summed E-state index contributed by atoms with van der Waals surface area (Å²) in [6.45, 7) is 6.69. The topological polar surface area (TPSA) is 37.4 Å². The number of hydrogen-bond donors (Lipinski definition) is 0. The molecule has 0 fully saturated rings. The predicted molar refractivity (Wildman–Crippen MR) is 98.7 cm³/mol. The third-order valence-electron chi connectivity index (χ3n) is 4.47. The standard InChI is InChI=1S/C18H18Cl3NO2/c1-8-16(10(3)23)18(17(11(4)24)9(2)22(8)5)12-6-14(20)15(21)7-13(12)19/h6-7,18H,1-5H3. The average molecular weight is 387 g/mol. The van der Waals surface area contributed by atoms with E-state index in [0.717, 1.165) is 11.4 Å². The Hall–Kier alpha value is -1.29. The van der Waals surface area contributed by atoms with Crippen LogP contribution in [0, 0.1) is 0 Å². The lowest BCUT2D eigenvalue weighted by Crippen LogP contribution is -2.31. The second-order valence-electron chi connectivity index (χ2n) is 5.89. The minimum absolute atomic E-state index is 0.113. The van der Waals surface area contributed by atoms with Gasteiger partial charge < -0.3 is 4.90 Å². The van der Waals surface area contributed by atoms with Crippen LogP contribution in [0.3, 0.4) is 0 Å². The van der Waals surface area contributed by atoms with Gasteiger partial charge in [-0.05, 0) is 45.4 Å². The molecule has 0 unspecified atom stereocenters. The fraction of sp³-hybridized carbons (Fsp3) is 0.333. The Balaban J connectivity index is 2.86. The van der Waals surface area contributed by atoms with Gasteiger partial charge in [-0.15, -0.1) is 0 Å². The highest BCUT2D eigenvalue weighted by Gasteiger charge is 2.36. The number of allylic oxidation sites excluding steroid dienone is 4. The van der Waals surface area contributed by atoms with Crippen molar-refractivity contribution < 1.29 is 9.59 Å². The van der Waals surface area contributed by atoms with Crippen molar-refractivity contribution in [3.05, 3.63) is 55.3 Å². The highest BCUT2D eigenvalue weighted by molar-refractivity contribution is 6.43. The van der Waals surface area contributed by atoms with E-state index in [0.29, 0.717) is 31.8 Å². The van der Waals surface area contributed by atoms with Gasteiger partial charge in [0.25, 0.3) is 0 Å². The molecule has 0 spiro atoms. The van der Waals surface area contributed by atoms with Gasteiger partial charge in [0.2, 0.25) is 0 Å². The van der Waals surface area contributed by atoms with Gasteiger partial charge in [0.1, 0.15) is 0 Å². The lowest BCUT2D eigenvalue weighted by Gasteiger charge is -2.36. The first kappa shape index (κ1) is 19.0. The fourth-order valence-corrected chi connectivity index (χ4v) is 3.83. The molecule has 0 aliphatic carbocycles. The second-order valence-corrected chi connectivity index (χ2v) is 7.11. The Labute approximate surface area is 156 Å². The summed E-state index contributed by atoms with van der Waals surface area (Å²) in [5, 5.41) is 1.03. The number of hydrogen-bond acceptors (Lipinski definition) is 3. The van der Waals surface area contributed by atoms with Gasteiger partial charge in [-0.2, -0.15) is 0 Å². The third kappa shape index (κ3) is 3.13. The van der Waals surface area contributed by atoms with E-state index in [9.17, 15) is 9.59 Å². The molecule has 0 saturated carbocycles. The van der Waals surface area contributed by atoms with Gasteiger partial charge in [0.05, 0.1) is 10.0 Å². The number of benzene rings is 1. The molecule has 0 aromatic heterocycles. The SMILES string of the molecule is CC(=O)C1=C(C)N(C)C(C)=C(C(C)=O)C1c1cc(Cl)c(Cl)cc1Cl. The monoisotopic (exact) mass is 385 g/mol. The van der Waals surface area contributed by atoms with Crippen molar-refractivity contribution >= 4 is 46.4 Å². The summed E-state index contributed by atoms with van der Waals surface area (Å²) in [5.41, 5.74) is 3.25. The number of carbonyl (C=O) groups excluding carboxylic acids is 2. The quantitative estimate of drug-likeness (QED) is 0.652. The van der Waals surface area contributed by atoms with E-state index in [1.54, 1.807) is 12.1 Å².